The van der Waals surface area contributed by atoms with Gasteiger partial charge in [-0.25, -0.2) is 13.4 Å². The van der Waals surface area contributed by atoms with Gasteiger partial charge in [-0.2, -0.15) is 0 Å². The van der Waals surface area contributed by atoms with Gasteiger partial charge >= 0.3 is 0 Å². The highest BCUT2D eigenvalue weighted by Gasteiger charge is 2.22. The van der Waals surface area contributed by atoms with E-state index in [2.05, 4.69) is 10.3 Å². The summed E-state index contributed by atoms with van der Waals surface area (Å²) in [4.78, 5) is 21.7. The normalized spacial score (nSPS) is 11.5. The third kappa shape index (κ3) is 4.45. The molecule has 9 heteroatoms. The van der Waals surface area contributed by atoms with E-state index in [4.69, 9.17) is 4.84 Å². The summed E-state index contributed by atoms with van der Waals surface area (Å²) in [6.07, 6.45) is 0. The summed E-state index contributed by atoms with van der Waals surface area (Å²) in [5, 5.41) is 5.47. The molecule has 0 bridgehead atoms. The number of nitrogens with zero attached hydrogens (tertiary/aromatic N) is 2. The van der Waals surface area contributed by atoms with Crippen LogP contribution in [0.4, 0.5) is 0 Å². The predicted molar refractivity (Wildman–Crippen MR) is 107 cm³/mol. The van der Waals surface area contributed by atoms with Crippen LogP contribution in [0.15, 0.2) is 64.9 Å². The Morgan fingerprint density at radius 3 is 2.64 bits per heavy atom. The van der Waals surface area contributed by atoms with Gasteiger partial charge in [0.1, 0.15) is 5.01 Å². The number of sulfonamides is 1. The summed E-state index contributed by atoms with van der Waals surface area (Å²) < 4.78 is 25.4. The maximum atomic E-state index is 12.4. The maximum Gasteiger partial charge on any atom is 0.264 e. The molecular formula is C19H19N3O4S2. The van der Waals surface area contributed by atoms with Crippen molar-refractivity contribution in [1.82, 2.24) is 14.8 Å². The lowest BCUT2D eigenvalue weighted by molar-refractivity contribution is -0.0258. The summed E-state index contributed by atoms with van der Waals surface area (Å²) in [6.45, 7) is 0.255. The lowest BCUT2D eigenvalue weighted by atomic mass is 10.2. The molecule has 0 saturated heterocycles. The monoisotopic (exact) mass is 417 g/mol. The van der Waals surface area contributed by atoms with Crippen molar-refractivity contribution in [2.24, 2.45) is 0 Å². The van der Waals surface area contributed by atoms with Gasteiger partial charge in [0.25, 0.3) is 15.9 Å². The minimum absolute atomic E-state index is 0.0230. The van der Waals surface area contributed by atoms with Crippen LogP contribution in [0.1, 0.15) is 15.4 Å². The van der Waals surface area contributed by atoms with E-state index in [-0.39, 0.29) is 22.9 Å². The van der Waals surface area contributed by atoms with Crippen molar-refractivity contribution in [3.05, 3.63) is 70.5 Å². The Bertz CT molecular complexity index is 1070. The smallest absolute Gasteiger partial charge is 0.264 e. The van der Waals surface area contributed by atoms with Crippen molar-refractivity contribution >= 4 is 27.3 Å². The average Bonchev–Trinajstić information content (AvgIpc) is 3.21. The number of amides is 1. The molecule has 7 nitrogen and oxygen atoms in total. The highest BCUT2D eigenvalue weighted by Crippen LogP contribution is 2.21. The molecule has 0 radical (unpaired) electrons. The zero-order valence-electron chi connectivity index (χ0n) is 15.3. The number of nitrogens with one attached hydrogen (secondary N) is 1. The van der Waals surface area contributed by atoms with E-state index in [0.717, 1.165) is 20.7 Å². The Kier molecular flexibility index (Phi) is 6.20. The van der Waals surface area contributed by atoms with Gasteiger partial charge < -0.3 is 5.32 Å². The van der Waals surface area contributed by atoms with Crippen LogP contribution in [0.3, 0.4) is 0 Å². The molecule has 1 aromatic heterocycles. The van der Waals surface area contributed by atoms with Gasteiger partial charge in [-0.15, -0.1) is 11.3 Å². The van der Waals surface area contributed by atoms with E-state index in [9.17, 15) is 13.2 Å². The highest BCUT2D eigenvalue weighted by atomic mass is 32.2. The molecule has 0 unspecified atom stereocenters. The molecule has 0 fully saturated rings. The Morgan fingerprint density at radius 2 is 1.93 bits per heavy atom. The lowest BCUT2D eigenvalue weighted by Crippen LogP contribution is -2.27. The van der Waals surface area contributed by atoms with Gasteiger partial charge in [-0.3, -0.25) is 9.63 Å². The summed E-state index contributed by atoms with van der Waals surface area (Å²) >= 11 is 1.45. The third-order valence-corrected chi connectivity index (χ3v) is 6.54. The number of aromatic nitrogens is 1. The van der Waals surface area contributed by atoms with Crippen molar-refractivity contribution < 1.29 is 18.0 Å². The van der Waals surface area contributed by atoms with Crippen LogP contribution >= 0.6 is 11.3 Å². The Labute approximate surface area is 167 Å². The summed E-state index contributed by atoms with van der Waals surface area (Å²) in [5.41, 5.74) is 2.10. The summed E-state index contributed by atoms with van der Waals surface area (Å²) in [6, 6.07) is 15.6. The van der Waals surface area contributed by atoms with Crippen molar-refractivity contribution in [1.29, 1.82) is 0 Å². The van der Waals surface area contributed by atoms with E-state index in [0.29, 0.717) is 0 Å². The first-order chi connectivity index (χ1) is 13.4. The van der Waals surface area contributed by atoms with Crippen molar-refractivity contribution in [2.45, 2.75) is 11.4 Å². The second-order valence-electron chi connectivity index (χ2n) is 5.80. The molecule has 0 spiro atoms. The first-order valence-corrected chi connectivity index (χ1v) is 10.6. The molecule has 28 heavy (non-hydrogen) atoms. The van der Waals surface area contributed by atoms with E-state index < -0.39 is 10.0 Å². The average molecular weight is 418 g/mol. The Balaban J connectivity index is 1.69. The molecule has 0 aliphatic heterocycles. The van der Waals surface area contributed by atoms with Crippen LogP contribution in [-0.2, 0) is 21.4 Å². The standard InChI is InChI=1S/C19H19N3O4S2/c1-22(26-2)28(24,25)16-10-6-9-15(11-16)19(23)20-12-18-21-17(13-27-18)14-7-4-3-5-8-14/h3-11,13H,12H2,1-2H3,(H,20,23). The van der Waals surface area contributed by atoms with Gasteiger partial charge in [-0.1, -0.05) is 40.9 Å². The molecule has 146 valence electrons. The van der Waals surface area contributed by atoms with Crippen LogP contribution in [0.25, 0.3) is 11.3 Å². The summed E-state index contributed by atoms with van der Waals surface area (Å²) in [7, 11) is -1.28. The fourth-order valence-electron chi connectivity index (χ4n) is 2.44. The van der Waals surface area contributed by atoms with Crippen LogP contribution in [0.2, 0.25) is 0 Å². The van der Waals surface area contributed by atoms with E-state index in [1.165, 1.54) is 43.7 Å². The van der Waals surface area contributed by atoms with Gasteiger partial charge in [0.05, 0.1) is 24.2 Å². The third-order valence-electron chi connectivity index (χ3n) is 4.01. The van der Waals surface area contributed by atoms with Gasteiger partial charge in [0.2, 0.25) is 0 Å². The van der Waals surface area contributed by atoms with E-state index >= 15 is 0 Å². The number of thiazole rings is 1. The molecule has 2 aromatic carbocycles. The van der Waals surface area contributed by atoms with Crippen LogP contribution < -0.4 is 5.32 Å². The number of rotatable bonds is 7. The molecular weight excluding hydrogens is 398 g/mol. The second-order valence-corrected chi connectivity index (χ2v) is 8.68. The molecule has 1 amide bonds. The van der Waals surface area contributed by atoms with E-state index in [1.54, 1.807) is 6.07 Å². The molecule has 1 N–H and O–H groups in total. The Hall–Kier alpha value is -2.59. The molecule has 0 aliphatic rings. The zero-order valence-corrected chi connectivity index (χ0v) is 17.0. The van der Waals surface area contributed by atoms with Gasteiger partial charge in [0, 0.05) is 23.6 Å². The maximum absolute atomic E-state index is 12.4. The van der Waals surface area contributed by atoms with Gasteiger partial charge in [0.15, 0.2) is 0 Å². The fourth-order valence-corrected chi connectivity index (χ4v) is 4.20. The number of carbonyl (C=O) groups excluding carboxylic acids is 1. The van der Waals surface area contributed by atoms with Crippen molar-refractivity contribution in [3.63, 3.8) is 0 Å². The SMILES string of the molecule is CON(C)S(=O)(=O)c1cccc(C(=O)NCc2nc(-c3ccccc3)cs2)c1. The molecule has 0 aliphatic carbocycles. The zero-order chi connectivity index (χ0) is 20.1. The van der Waals surface area contributed by atoms with Crippen LogP contribution in [0.5, 0.6) is 0 Å². The quantitative estimate of drug-likeness (QED) is 0.597. The first-order valence-electron chi connectivity index (χ1n) is 8.33. The highest BCUT2D eigenvalue weighted by molar-refractivity contribution is 7.89. The van der Waals surface area contributed by atoms with Crippen molar-refractivity contribution in [2.75, 3.05) is 14.2 Å². The van der Waals surface area contributed by atoms with E-state index in [1.807, 2.05) is 35.7 Å². The van der Waals surface area contributed by atoms with Gasteiger partial charge in [-0.05, 0) is 18.2 Å². The number of benzene rings is 2. The number of hydroxylamine groups is 1. The molecule has 3 aromatic rings. The topological polar surface area (TPSA) is 88.6 Å². The number of hydrogen-bond acceptors (Lipinski definition) is 6. The molecule has 1 heterocycles. The van der Waals surface area contributed by atoms with Crippen LogP contribution in [0, 0.1) is 0 Å². The first kappa shape index (κ1) is 20.2. The second kappa shape index (κ2) is 8.61. The summed E-state index contributed by atoms with van der Waals surface area (Å²) in [5.74, 6) is -0.381. The van der Waals surface area contributed by atoms with Crippen molar-refractivity contribution in [3.8, 4) is 11.3 Å². The fraction of sp³-hybridized carbons (Fsp3) is 0.158. The number of hydrogen-bond donors (Lipinski definition) is 1. The molecule has 0 saturated carbocycles. The predicted octanol–water partition coefficient (Wildman–Crippen LogP) is 2.92. The minimum atomic E-state index is -3.82. The number of carbonyl (C=O) groups is 1. The largest absolute Gasteiger partial charge is 0.346 e. The lowest BCUT2D eigenvalue weighted by Gasteiger charge is -2.14. The van der Waals surface area contributed by atoms with Crippen LogP contribution in [-0.4, -0.2) is 37.9 Å². The minimum Gasteiger partial charge on any atom is -0.346 e. The molecule has 0 atom stereocenters. The Morgan fingerprint density at radius 1 is 1.18 bits per heavy atom. The molecule has 3 rings (SSSR count).